The van der Waals surface area contributed by atoms with Crippen molar-refractivity contribution < 1.29 is 14.7 Å². The Morgan fingerprint density at radius 1 is 1.08 bits per heavy atom. The Labute approximate surface area is 154 Å². The maximum atomic E-state index is 12.5. The van der Waals surface area contributed by atoms with Gasteiger partial charge in [0.15, 0.2) is 6.10 Å². The fraction of sp³-hybridized carbons (Fsp3) is 0.0526. The van der Waals surface area contributed by atoms with Crippen molar-refractivity contribution in [1.82, 2.24) is 0 Å². The predicted molar refractivity (Wildman–Crippen MR) is 103 cm³/mol. The van der Waals surface area contributed by atoms with E-state index in [1.807, 2.05) is 29.6 Å². The van der Waals surface area contributed by atoms with Crippen molar-refractivity contribution in [2.45, 2.75) is 6.10 Å². The number of benzene rings is 2. The molecule has 0 radical (unpaired) electrons. The number of carbonyl (C=O) groups excluding carboxylic acids is 2. The van der Waals surface area contributed by atoms with Crippen LogP contribution in [0.4, 0.5) is 11.4 Å². The van der Waals surface area contributed by atoms with Gasteiger partial charge in [-0.1, -0.05) is 24.3 Å². The molecule has 0 spiro atoms. The number of hydrogen-bond donors (Lipinski definition) is 4. The molecule has 1 heterocycles. The summed E-state index contributed by atoms with van der Waals surface area (Å²) in [4.78, 5) is 24.5. The number of nitrogens with one attached hydrogen (secondary N) is 1. The van der Waals surface area contributed by atoms with E-state index in [9.17, 15) is 14.7 Å². The third-order valence-corrected chi connectivity index (χ3v) is 4.78. The summed E-state index contributed by atoms with van der Waals surface area (Å²) < 4.78 is 0. The van der Waals surface area contributed by atoms with E-state index in [-0.39, 0.29) is 5.91 Å². The Morgan fingerprint density at radius 2 is 1.81 bits per heavy atom. The molecule has 2 aromatic carbocycles. The summed E-state index contributed by atoms with van der Waals surface area (Å²) in [5, 5.41) is 14.4. The Hall–Kier alpha value is -3.16. The number of nitrogens with two attached hydrogens (primary N) is 2. The van der Waals surface area contributed by atoms with Crippen molar-refractivity contribution in [1.29, 1.82) is 0 Å². The molecule has 2 amide bonds. The van der Waals surface area contributed by atoms with Crippen molar-refractivity contribution in [2.24, 2.45) is 5.73 Å². The molecule has 0 unspecified atom stereocenters. The Bertz CT molecular complexity index is 937. The molecule has 0 aliphatic heterocycles. The molecule has 3 aromatic rings. The highest BCUT2D eigenvalue weighted by Gasteiger charge is 2.15. The zero-order valence-electron chi connectivity index (χ0n) is 13.7. The molecule has 7 heteroatoms. The number of hydrogen-bond acceptors (Lipinski definition) is 5. The Kier molecular flexibility index (Phi) is 5.01. The first-order chi connectivity index (χ1) is 12.5. The summed E-state index contributed by atoms with van der Waals surface area (Å²) in [5.74, 6) is -1.19. The van der Waals surface area contributed by atoms with Crippen LogP contribution in [0.25, 0.3) is 10.4 Å². The van der Waals surface area contributed by atoms with Crippen LogP contribution in [0.15, 0.2) is 60.0 Å². The van der Waals surface area contributed by atoms with E-state index < -0.39 is 12.0 Å². The van der Waals surface area contributed by atoms with Gasteiger partial charge in [-0.2, -0.15) is 0 Å². The van der Waals surface area contributed by atoms with Crippen LogP contribution >= 0.6 is 11.3 Å². The van der Waals surface area contributed by atoms with E-state index in [1.54, 1.807) is 17.4 Å². The maximum Gasteiger partial charge on any atom is 0.255 e. The number of primary amides is 1. The molecule has 132 valence electrons. The van der Waals surface area contributed by atoms with Gasteiger partial charge in [-0.25, -0.2) is 0 Å². The summed E-state index contributed by atoms with van der Waals surface area (Å²) in [7, 11) is 0. The second-order valence-corrected chi connectivity index (χ2v) is 6.61. The third kappa shape index (κ3) is 3.74. The highest BCUT2D eigenvalue weighted by atomic mass is 32.1. The van der Waals surface area contributed by atoms with Gasteiger partial charge in [-0.3, -0.25) is 9.59 Å². The number of anilines is 2. The number of aliphatic hydroxyl groups excluding tert-OH is 1. The van der Waals surface area contributed by atoms with Crippen LogP contribution in [0.2, 0.25) is 0 Å². The lowest BCUT2D eigenvalue weighted by Crippen LogP contribution is -2.21. The van der Waals surface area contributed by atoms with Gasteiger partial charge in [-0.05, 0) is 46.8 Å². The van der Waals surface area contributed by atoms with Gasteiger partial charge in [0.1, 0.15) is 0 Å². The fourth-order valence-corrected chi connectivity index (χ4v) is 3.16. The summed E-state index contributed by atoms with van der Waals surface area (Å²) in [6.45, 7) is 0. The third-order valence-electron chi connectivity index (χ3n) is 3.87. The summed E-state index contributed by atoms with van der Waals surface area (Å²) >= 11 is 1.60. The minimum Gasteiger partial charge on any atom is -0.397 e. The normalized spacial score (nSPS) is 11.7. The van der Waals surface area contributed by atoms with Crippen LogP contribution in [0, 0.1) is 0 Å². The second-order valence-electron chi connectivity index (χ2n) is 5.66. The monoisotopic (exact) mass is 367 g/mol. The molecular weight excluding hydrogens is 350 g/mol. The number of nitrogen functional groups attached to an aromatic ring is 1. The highest BCUT2D eigenvalue weighted by Crippen LogP contribution is 2.30. The fourth-order valence-electron chi connectivity index (χ4n) is 2.44. The van der Waals surface area contributed by atoms with E-state index in [0.717, 1.165) is 10.4 Å². The first-order valence-corrected chi connectivity index (χ1v) is 8.66. The van der Waals surface area contributed by atoms with Crippen LogP contribution in [0.1, 0.15) is 22.0 Å². The molecule has 0 saturated carbocycles. The van der Waals surface area contributed by atoms with Crippen LogP contribution in [-0.2, 0) is 4.79 Å². The highest BCUT2D eigenvalue weighted by molar-refractivity contribution is 7.13. The SMILES string of the molecule is NC(=O)[C@H](O)c1ccc(C(=O)Nc2cc(-c3cccs3)ccc2N)cc1. The van der Waals surface area contributed by atoms with Gasteiger partial charge >= 0.3 is 0 Å². The zero-order valence-corrected chi connectivity index (χ0v) is 14.5. The molecule has 6 nitrogen and oxygen atoms in total. The number of carbonyl (C=O) groups is 2. The summed E-state index contributed by atoms with van der Waals surface area (Å²) in [5.41, 5.74) is 13.7. The predicted octanol–water partition coefficient (Wildman–Crippen LogP) is 2.77. The molecule has 3 rings (SSSR count). The first-order valence-electron chi connectivity index (χ1n) is 7.78. The van der Waals surface area contributed by atoms with Gasteiger partial charge in [0, 0.05) is 10.4 Å². The average Bonchev–Trinajstić information content (AvgIpc) is 3.17. The quantitative estimate of drug-likeness (QED) is 0.518. The van der Waals surface area contributed by atoms with Gasteiger partial charge in [-0.15, -0.1) is 11.3 Å². The average molecular weight is 367 g/mol. The minimum atomic E-state index is -1.40. The van der Waals surface area contributed by atoms with Crippen molar-refractivity contribution in [2.75, 3.05) is 11.1 Å². The topological polar surface area (TPSA) is 118 Å². The van der Waals surface area contributed by atoms with Crippen molar-refractivity contribution in [3.63, 3.8) is 0 Å². The molecule has 0 saturated heterocycles. The van der Waals surface area contributed by atoms with Crippen molar-refractivity contribution in [3.05, 3.63) is 71.1 Å². The lowest BCUT2D eigenvalue weighted by Gasteiger charge is -2.11. The van der Waals surface area contributed by atoms with E-state index in [4.69, 9.17) is 11.5 Å². The van der Waals surface area contributed by atoms with E-state index >= 15 is 0 Å². The summed E-state index contributed by atoms with van der Waals surface area (Å²) in [6, 6.07) is 15.4. The Morgan fingerprint density at radius 3 is 2.42 bits per heavy atom. The van der Waals surface area contributed by atoms with Crippen molar-refractivity contribution >= 4 is 34.5 Å². The smallest absolute Gasteiger partial charge is 0.255 e. The summed E-state index contributed by atoms with van der Waals surface area (Å²) in [6.07, 6.45) is -1.40. The van der Waals surface area contributed by atoms with Crippen LogP contribution < -0.4 is 16.8 Å². The van der Waals surface area contributed by atoms with Gasteiger partial charge in [0.2, 0.25) is 0 Å². The molecule has 26 heavy (non-hydrogen) atoms. The van der Waals surface area contributed by atoms with Crippen LogP contribution in [0.3, 0.4) is 0 Å². The maximum absolute atomic E-state index is 12.5. The van der Waals surface area contributed by atoms with Gasteiger partial charge < -0.3 is 21.9 Å². The van der Waals surface area contributed by atoms with Gasteiger partial charge in [0.05, 0.1) is 11.4 Å². The van der Waals surface area contributed by atoms with Crippen molar-refractivity contribution in [3.8, 4) is 10.4 Å². The molecular formula is C19H17N3O3S. The zero-order chi connectivity index (χ0) is 18.7. The van der Waals surface area contributed by atoms with Gasteiger partial charge in [0.25, 0.3) is 11.8 Å². The lowest BCUT2D eigenvalue weighted by molar-refractivity contribution is -0.126. The first kappa shape index (κ1) is 17.7. The standard InChI is InChI=1S/C19H17N3O3S/c20-14-8-7-13(16-2-1-9-26-16)10-15(14)22-19(25)12-5-3-11(4-6-12)17(23)18(21)24/h1-10,17,23H,20H2,(H2,21,24)(H,22,25)/t17-/m1/s1. The van der Waals surface area contributed by atoms with Crippen LogP contribution in [0.5, 0.6) is 0 Å². The number of rotatable bonds is 5. The lowest BCUT2D eigenvalue weighted by atomic mass is 10.1. The number of aliphatic hydroxyl groups is 1. The van der Waals surface area contributed by atoms with E-state index in [0.29, 0.717) is 22.5 Å². The minimum absolute atomic E-state index is 0.327. The molecule has 0 bridgehead atoms. The second kappa shape index (κ2) is 7.38. The van der Waals surface area contributed by atoms with E-state index in [2.05, 4.69) is 5.32 Å². The Balaban J connectivity index is 1.79. The molecule has 1 aromatic heterocycles. The van der Waals surface area contributed by atoms with E-state index in [1.165, 1.54) is 24.3 Å². The number of thiophene rings is 1. The molecule has 6 N–H and O–H groups in total. The molecule has 0 aliphatic carbocycles. The van der Waals surface area contributed by atoms with Crippen LogP contribution in [-0.4, -0.2) is 16.9 Å². The number of amides is 2. The molecule has 1 atom stereocenters. The molecule has 0 aliphatic rings. The largest absolute Gasteiger partial charge is 0.397 e. The molecule has 0 fully saturated rings.